The summed E-state index contributed by atoms with van der Waals surface area (Å²) in [6, 6.07) is 0.246. The van der Waals surface area contributed by atoms with Crippen LogP contribution < -0.4 is 5.32 Å². The van der Waals surface area contributed by atoms with Gasteiger partial charge in [0, 0.05) is 26.2 Å². The van der Waals surface area contributed by atoms with Gasteiger partial charge in [0.1, 0.15) is 0 Å². The van der Waals surface area contributed by atoms with Crippen LogP contribution in [0.25, 0.3) is 0 Å². The summed E-state index contributed by atoms with van der Waals surface area (Å²) >= 11 is 0. The molecule has 4 nitrogen and oxygen atoms in total. The second kappa shape index (κ2) is 4.84. The van der Waals surface area contributed by atoms with Crippen LogP contribution in [0.15, 0.2) is 0 Å². The Morgan fingerprint density at radius 2 is 2.20 bits per heavy atom. The van der Waals surface area contributed by atoms with Gasteiger partial charge < -0.3 is 15.1 Å². The third-order valence-corrected chi connectivity index (χ3v) is 3.42. The number of hydrogen-bond acceptors (Lipinski definition) is 2. The molecule has 4 heteroatoms. The normalized spacial score (nSPS) is 27.5. The van der Waals surface area contributed by atoms with Crippen molar-refractivity contribution in [2.24, 2.45) is 5.92 Å². The molecule has 0 aromatic carbocycles. The summed E-state index contributed by atoms with van der Waals surface area (Å²) in [5.74, 6) is 0.672. The van der Waals surface area contributed by atoms with Crippen LogP contribution in [0.3, 0.4) is 0 Å². The molecule has 86 valence electrons. The smallest absolute Gasteiger partial charge is 0.320 e. The van der Waals surface area contributed by atoms with E-state index in [9.17, 15) is 4.79 Å². The molecule has 2 heterocycles. The van der Waals surface area contributed by atoms with Gasteiger partial charge in [-0.05, 0) is 38.8 Å². The summed E-state index contributed by atoms with van der Waals surface area (Å²) in [4.78, 5) is 16.0. The molecule has 2 aliphatic rings. The molecule has 0 aromatic rings. The molecule has 2 amide bonds. The van der Waals surface area contributed by atoms with Crippen LogP contribution in [-0.2, 0) is 0 Å². The Kier molecular flexibility index (Phi) is 3.46. The van der Waals surface area contributed by atoms with Crippen LogP contribution in [-0.4, -0.2) is 55.1 Å². The monoisotopic (exact) mass is 211 g/mol. The summed E-state index contributed by atoms with van der Waals surface area (Å²) in [7, 11) is 0. The maximum absolute atomic E-state index is 12.0. The highest BCUT2D eigenvalue weighted by Gasteiger charge is 2.27. The van der Waals surface area contributed by atoms with Crippen LogP contribution in [0.5, 0.6) is 0 Å². The molecule has 2 aliphatic heterocycles. The van der Waals surface area contributed by atoms with Crippen molar-refractivity contribution < 1.29 is 4.79 Å². The summed E-state index contributed by atoms with van der Waals surface area (Å²) in [5.41, 5.74) is 0. The minimum Gasteiger partial charge on any atom is -0.325 e. The zero-order valence-corrected chi connectivity index (χ0v) is 9.54. The molecular formula is C11H21N3O. The highest BCUT2D eigenvalue weighted by Crippen LogP contribution is 2.14. The van der Waals surface area contributed by atoms with Crippen molar-refractivity contribution in [1.29, 1.82) is 0 Å². The molecule has 0 aromatic heterocycles. The second-order valence-corrected chi connectivity index (χ2v) is 4.52. The van der Waals surface area contributed by atoms with E-state index in [-0.39, 0.29) is 6.03 Å². The van der Waals surface area contributed by atoms with Crippen molar-refractivity contribution in [2.45, 2.75) is 19.8 Å². The first-order chi connectivity index (χ1) is 7.31. The van der Waals surface area contributed by atoms with E-state index < -0.39 is 0 Å². The molecule has 0 saturated carbocycles. The number of nitrogens with one attached hydrogen (secondary N) is 1. The molecule has 15 heavy (non-hydrogen) atoms. The Hall–Kier alpha value is -0.770. The van der Waals surface area contributed by atoms with Gasteiger partial charge in [0.05, 0.1) is 0 Å². The van der Waals surface area contributed by atoms with Gasteiger partial charge in [-0.2, -0.15) is 0 Å². The molecule has 2 rings (SSSR count). The molecule has 1 unspecified atom stereocenters. The number of nitrogens with zero attached hydrogens (tertiary/aromatic N) is 2. The molecular weight excluding hydrogens is 190 g/mol. The lowest BCUT2D eigenvalue weighted by Gasteiger charge is -2.36. The van der Waals surface area contributed by atoms with E-state index in [0.29, 0.717) is 5.92 Å². The van der Waals surface area contributed by atoms with Gasteiger partial charge in [0.25, 0.3) is 0 Å². The van der Waals surface area contributed by atoms with Gasteiger partial charge in [0.2, 0.25) is 0 Å². The number of carbonyl (C=O) groups is 1. The quantitative estimate of drug-likeness (QED) is 0.747. The van der Waals surface area contributed by atoms with E-state index in [4.69, 9.17) is 0 Å². The first kappa shape index (κ1) is 10.7. The van der Waals surface area contributed by atoms with Gasteiger partial charge in [-0.15, -0.1) is 0 Å². The van der Waals surface area contributed by atoms with Gasteiger partial charge in [-0.3, -0.25) is 0 Å². The van der Waals surface area contributed by atoms with E-state index in [1.54, 1.807) is 0 Å². The number of urea groups is 1. The predicted molar refractivity (Wildman–Crippen MR) is 59.8 cm³/mol. The second-order valence-electron chi connectivity index (χ2n) is 4.52. The lowest BCUT2D eigenvalue weighted by atomic mass is 10.1. The van der Waals surface area contributed by atoms with Crippen LogP contribution in [0, 0.1) is 5.92 Å². The Labute approximate surface area is 91.6 Å². The van der Waals surface area contributed by atoms with Crippen molar-refractivity contribution >= 4 is 6.03 Å². The first-order valence-corrected chi connectivity index (χ1v) is 6.06. The van der Waals surface area contributed by atoms with E-state index in [1.165, 1.54) is 6.42 Å². The maximum atomic E-state index is 12.0. The summed E-state index contributed by atoms with van der Waals surface area (Å²) < 4.78 is 0. The SMILES string of the molecule is CCN1CCCN(CC2CCNC2)C1=O. The molecule has 2 saturated heterocycles. The average molecular weight is 211 g/mol. The largest absolute Gasteiger partial charge is 0.325 e. The van der Waals surface area contributed by atoms with Crippen LogP contribution in [0.2, 0.25) is 0 Å². The standard InChI is InChI=1S/C11H21N3O/c1-2-13-6-3-7-14(11(13)15)9-10-4-5-12-8-10/h10,12H,2-9H2,1H3. The predicted octanol–water partition coefficient (Wildman–Crippen LogP) is 0.744. The third-order valence-electron chi connectivity index (χ3n) is 3.42. The highest BCUT2D eigenvalue weighted by molar-refractivity contribution is 5.75. The van der Waals surface area contributed by atoms with E-state index in [0.717, 1.165) is 45.7 Å². The van der Waals surface area contributed by atoms with Gasteiger partial charge in [-0.1, -0.05) is 0 Å². The zero-order chi connectivity index (χ0) is 10.7. The van der Waals surface area contributed by atoms with Crippen molar-refractivity contribution in [1.82, 2.24) is 15.1 Å². The Bertz CT molecular complexity index is 226. The Morgan fingerprint density at radius 3 is 2.87 bits per heavy atom. The summed E-state index contributed by atoms with van der Waals surface area (Å²) in [6.07, 6.45) is 2.34. The lowest BCUT2D eigenvalue weighted by molar-refractivity contribution is 0.125. The molecule has 2 fully saturated rings. The molecule has 1 atom stereocenters. The fourth-order valence-corrected chi connectivity index (χ4v) is 2.49. The average Bonchev–Trinajstić information content (AvgIpc) is 2.74. The molecule has 0 spiro atoms. The van der Waals surface area contributed by atoms with Gasteiger partial charge in [0.15, 0.2) is 0 Å². The summed E-state index contributed by atoms with van der Waals surface area (Å²) in [5, 5.41) is 3.35. The summed E-state index contributed by atoms with van der Waals surface area (Å²) in [6.45, 7) is 7.93. The van der Waals surface area contributed by atoms with E-state index in [2.05, 4.69) is 12.2 Å². The lowest BCUT2D eigenvalue weighted by Crippen LogP contribution is -2.50. The molecule has 1 N–H and O–H groups in total. The first-order valence-electron chi connectivity index (χ1n) is 6.06. The zero-order valence-electron chi connectivity index (χ0n) is 9.54. The third kappa shape index (κ3) is 2.43. The van der Waals surface area contributed by atoms with Crippen molar-refractivity contribution in [3.05, 3.63) is 0 Å². The Balaban J connectivity index is 1.87. The van der Waals surface area contributed by atoms with E-state index in [1.807, 2.05) is 9.80 Å². The van der Waals surface area contributed by atoms with Crippen molar-refractivity contribution in [3.8, 4) is 0 Å². The van der Waals surface area contributed by atoms with Crippen LogP contribution >= 0.6 is 0 Å². The maximum Gasteiger partial charge on any atom is 0.320 e. The minimum absolute atomic E-state index is 0.246. The van der Waals surface area contributed by atoms with Crippen LogP contribution in [0.4, 0.5) is 4.79 Å². The number of hydrogen-bond donors (Lipinski definition) is 1. The fourth-order valence-electron chi connectivity index (χ4n) is 2.49. The minimum atomic E-state index is 0.246. The van der Waals surface area contributed by atoms with E-state index >= 15 is 0 Å². The van der Waals surface area contributed by atoms with Gasteiger partial charge in [-0.25, -0.2) is 4.79 Å². The van der Waals surface area contributed by atoms with Crippen molar-refractivity contribution in [3.63, 3.8) is 0 Å². The molecule has 0 bridgehead atoms. The topological polar surface area (TPSA) is 35.6 Å². The number of carbonyl (C=O) groups excluding carboxylic acids is 1. The van der Waals surface area contributed by atoms with Gasteiger partial charge >= 0.3 is 6.03 Å². The van der Waals surface area contributed by atoms with Crippen LogP contribution in [0.1, 0.15) is 19.8 Å². The number of rotatable bonds is 3. The fraction of sp³-hybridized carbons (Fsp3) is 0.909. The highest BCUT2D eigenvalue weighted by atomic mass is 16.2. The van der Waals surface area contributed by atoms with Crippen molar-refractivity contribution in [2.75, 3.05) is 39.3 Å². The Morgan fingerprint density at radius 1 is 1.40 bits per heavy atom. The molecule has 0 aliphatic carbocycles. The molecule has 0 radical (unpaired) electrons. The number of amides is 2.